The monoisotopic (exact) mass is 229 g/mol. The molecule has 88 valence electrons. The number of anilines is 1. The molecule has 0 radical (unpaired) electrons. The lowest BCUT2D eigenvalue weighted by molar-refractivity contribution is 1.05. The van der Waals surface area contributed by atoms with Crippen LogP contribution < -0.4 is 10.6 Å². The number of benzene rings is 1. The highest BCUT2D eigenvalue weighted by Gasteiger charge is 2.04. The summed E-state index contributed by atoms with van der Waals surface area (Å²) in [7, 11) is 3.99. The molecule has 0 unspecified atom stereocenters. The van der Waals surface area contributed by atoms with Gasteiger partial charge in [0.1, 0.15) is 0 Å². The van der Waals surface area contributed by atoms with Crippen LogP contribution in [-0.4, -0.2) is 24.1 Å². The normalized spacial score (nSPS) is 10.3. The van der Waals surface area contributed by atoms with Crippen LogP contribution in [0.4, 0.5) is 5.69 Å². The first-order valence-electron chi connectivity index (χ1n) is 5.41. The van der Waals surface area contributed by atoms with E-state index in [9.17, 15) is 4.79 Å². The number of aromatic amines is 1. The molecule has 4 nitrogen and oxygen atoms in total. The van der Waals surface area contributed by atoms with E-state index >= 15 is 0 Å². The maximum absolute atomic E-state index is 11.2. The van der Waals surface area contributed by atoms with Gasteiger partial charge in [-0.3, -0.25) is 0 Å². The lowest BCUT2D eigenvalue weighted by Gasteiger charge is -2.13. The average molecular weight is 229 g/mol. The van der Waals surface area contributed by atoms with Gasteiger partial charge in [-0.2, -0.15) is 0 Å². The summed E-state index contributed by atoms with van der Waals surface area (Å²) in [5.74, 6) is 0. The topological polar surface area (TPSA) is 49.0 Å². The highest BCUT2D eigenvalue weighted by Crippen LogP contribution is 2.21. The van der Waals surface area contributed by atoms with Crippen molar-refractivity contribution in [1.29, 1.82) is 0 Å². The number of rotatable bonds is 2. The van der Waals surface area contributed by atoms with Gasteiger partial charge in [-0.25, -0.2) is 9.78 Å². The smallest absolute Gasteiger partial charge is 0.345 e. The quantitative estimate of drug-likeness (QED) is 0.854. The number of hydrogen-bond donors (Lipinski definition) is 1. The van der Waals surface area contributed by atoms with Crippen molar-refractivity contribution in [1.82, 2.24) is 9.97 Å². The second kappa shape index (κ2) is 4.41. The minimum absolute atomic E-state index is 0.317. The van der Waals surface area contributed by atoms with Crippen LogP contribution in [0.15, 0.2) is 35.3 Å². The van der Waals surface area contributed by atoms with Crippen LogP contribution in [0.5, 0.6) is 0 Å². The molecule has 0 amide bonds. The molecule has 0 saturated heterocycles. The van der Waals surface area contributed by atoms with Crippen molar-refractivity contribution >= 4 is 5.69 Å². The molecule has 1 N–H and O–H groups in total. The summed E-state index contributed by atoms with van der Waals surface area (Å²) in [5, 5.41) is 0. The van der Waals surface area contributed by atoms with Crippen LogP contribution >= 0.6 is 0 Å². The molecule has 0 aliphatic carbocycles. The molecular formula is C13H15N3O. The van der Waals surface area contributed by atoms with Gasteiger partial charge in [0.15, 0.2) is 0 Å². The summed E-state index contributed by atoms with van der Waals surface area (Å²) in [6.07, 6.45) is 1.59. The molecular weight excluding hydrogens is 214 g/mol. The summed E-state index contributed by atoms with van der Waals surface area (Å²) >= 11 is 0. The van der Waals surface area contributed by atoms with Crippen LogP contribution in [0, 0.1) is 6.92 Å². The van der Waals surface area contributed by atoms with Gasteiger partial charge in [-0.1, -0.05) is 12.1 Å². The van der Waals surface area contributed by atoms with Crippen LogP contribution in [0.1, 0.15) is 5.56 Å². The summed E-state index contributed by atoms with van der Waals surface area (Å²) in [6.45, 7) is 1.93. The zero-order valence-corrected chi connectivity index (χ0v) is 10.2. The first kappa shape index (κ1) is 11.4. The number of nitrogens with zero attached hydrogens (tertiary/aromatic N) is 2. The minimum Gasteiger partial charge on any atom is -0.378 e. The van der Waals surface area contributed by atoms with E-state index in [4.69, 9.17) is 0 Å². The second-order valence-electron chi connectivity index (χ2n) is 4.19. The Labute approximate surface area is 99.9 Å². The van der Waals surface area contributed by atoms with Crippen molar-refractivity contribution in [2.75, 3.05) is 19.0 Å². The molecule has 0 aliphatic rings. The van der Waals surface area contributed by atoms with Crippen molar-refractivity contribution in [3.05, 3.63) is 46.5 Å². The standard InChI is InChI=1S/C13H15N3O/c1-9-8-14-13(17)15-12(9)10-4-6-11(7-5-10)16(2)3/h4-8H,1-3H3,(H,14,15,17). The van der Waals surface area contributed by atoms with Crippen LogP contribution in [0.2, 0.25) is 0 Å². The van der Waals surface area contributed by atoms with E-state index in [1.165, 1.54) is 0 Å². The Kier molecular flexibility index (Phi) is 2.95. The maximum atomic E-state index is 11.2. The van der Waals surface area contributed by atoms with Crippen molar-refractivity contribution < 1.29 is 0 Å². The van der Waals surface area contributed by atoms with E-state index in [0.717, 1.165) is 22.5 Å². The van der Waals surface area contributed by atoms with Crippen molar-refractivity contribution in [3.63, 3.8) is 0 Å². The fraction of sp³-hybridized carbons (Fsp3) is 0.231. The van der Waals surface area contributed by atoms with E-state index in [1.807, 2.05) is 50.2 Å². The van der Waals surface area contributed by atoms with Gasteiger partial charge in [0, 0.05) is 26.0 Å². The average Bonchev–Trinajstić information content (AvgIpc) is 2.32. The number of aryl methyl sites for hydroxylation is 1. The van der Waals surface area contributed by atoms with E-state index in [0.29, 0.717) is 0 Å². The molecule has 0 fully saturated rings. The van der Waals surface area contributed by atoms with Gasteiger partial charge in [0.2, 0.25) is 0 Å². The van der Waals surface area contributed by atoms with E-state index in [1.54, 1.807) is 6.20 Å². The fourth-order valence-electron chi connectivity index (χ4n) is 1.68. The first-order valence-corrected chi connectivity index (χ1v) is 5.41. The fourth-order valence-corrected chi connectivity index (χ4v) is 1.68. The predicted octanol–water partition coefficient (Wildman–Crippen LogP) is 1.81. The molecule has 17 heavy (non-hydrogen) atoms. The molecule has 0 atom stereocenters. The summed E-state index contributed by atoms with van der Waals surface area (Å²) in [4.78, 5) is 19.7. The Morgan fingerprint density at radius 3 is 2.41 bits per heavy atom. The van der Waals surface area contributed by atoms with Crippen molar-refractivity contribution in [2.24, 2.45) is 0 Å². The van der Waals surface area contributed by atoms with Crippen molar-refractivity contribution in [3.8, 4) is 11.3 Å². The molecule has 2 rings (SSSR count). The van der Waals surface area contributed by atoms with E-state index in [2.05, 4.69) is 9.97 Å². The Hall–Kier alpha value is -2.10. The third-order valence-corrected chi connectivity index (χ3v) is 2.67. The third-order valence-electron chi connectivity index (χ3n) is 2.67. The third kappa shape index (κ3) is 2.36. The molecule has 4 heteroatoms. The van der Waals surface area contributed by atoms with Gasteiger partial charge in [-0.15, -0.1) is 0 Å². The Morgan fingerprint density at radius 2 is 1.82 bits per heavy atom. The van der Waals surface area contributed by atoms with Gasteiger partial charge < -0.3 is 9.88 Å². The van der Waals surface area contributed by atoms with Gasteiger partial charge in [-0.05, 0) is 30.2 Å². The Balaban J connectivity index is 2.46. The molecule has 0 bridgehead atoms. The maximum Gasteiger partial charge on any atom is 0.345 e. The number of aromatic nitrogens is 2. The van der Waals surface area contributed by atoms with Gasteiger partial charge >= 0.3 is 5.69 Å². The van der Waals surface area contributed by atoms with Crippen LogP contribution in [0.3, 0.4) is 0 Å². The molecule has 1 aromatic carbocycles. The van der Waals surface area contributed by atoms with Gasteiger partial charge in [0.05, 0.1) is 5.69 Å². The first-order chi connectivity index (χ1) is 8.08. The number of nitrogens with one attached hydrogen (secondary N) is 1. The molecule has 0 aliphatic heterocycles. The highest BCUT2D eigenvalue weighted by molar-refractivity contribution is 5.65. The molecule has 0 spiro atoms. The van der Waals surface area contributed by atoms with Crippen LogP contribution in [0.25, 0.3) is 11.3 Å². The molecule has 2 aromatic rings. The van der Waals surface area contributed by atoms with Crippen LogP contribution in [-0.2, 0) is 0 Å². The van der Waals surface area contributed by atoms with E-state index < -0.39 is 0 Å². The summed E-state index contributed by atoms with van der Waals surface area (Å²) < 4.78 is 0. The Bertz CT molecular complexity index is 570. The zero-order chi connectivity index (χ0) is 12.4. The molecule has 1 aromatic heterocycles. The number of H-pyrrole nitrogens is 1. The summed E-state index contributed by atoms with van der Waals surface area (Å²) in [5.41, 5.74) is 3.59. The lowest BCUT2D eigenvalue weighted by atomic mass is 10.1. The Morgan fingerprint density at radius 1 is 1.18 bits per heavy atom. The minimum atomic E-state index is -0.317. The number of hydrogen-bond acceptors (Lipinski definition) is 3. The SMILES string of the molecule is Cc1cnc(=O)[nH]c1-c1ccc(N(C)C)cc1. The largest absolute Gasteiger partial charge is 0.378 e. The lowest BCUT2D eigenvalue weighted by Crippen LogP contribution is -2.11. The van der Waals surface area contributed by atoms with Crippen molar-refractivity contribution in [2.45, 2.75) is 6.92 Å². The van der Waals surface area contributed by atoms with Gasteiger partial charge in [0.25, 0.3) is 0 Å². The molecule has 0 saturated carbocycles. The predicted molar refractivity (Wildman–Crippen MR) is 69.4 cm³/mol. The summed E-state index contributed by atoms with van der Waals surface area (Å²) in [6, 6.07) is 8.03. The molecule has 1 heterocycles. The highest BCUT2D eigenvalue weighted by atomic mass is 16.1. The zero-order valence-electron chi connectivity index (χ0n) is 10.2. The van der Waals surface area contributed by atoms with E-state index in [-0.39, 0.29) is 5.69 Å². The second-order valence-corrected chi connectivity index (χ2v) is 4.19.